The second-order valence-corrected chi connectivity index (χ2v) is 5.99. The number of rotatable bonds is 4. The third-order valence-electron chi connectivity index (χ3n) is 3.22. The van der Waals surface area contributed by atoms with Gasteiger partial charge in [0.25, 0.3) is 5.91 Å². The summed E-state index contributed by atoms with van der Waals surface area (Å²) in [6.45, 7) is 5.89. The molecule has 0 radical (unpaired) electrons. The summed E-state index contributed by atoms with van der Waals surface area (Å²) in [6.07, 6.45) is 3.33. The van der Waals surface area contributed by atoms with Gasteiger partial charge in [0, 0.05) is 17.1 Å². The summed E-state index contributed by atoms with van der Waals surface area (Å²) in [5.41, 5.74) is 7.19. The fraction of sp³-hybridized carbons (Fsp3) is 0.0588. The number of nitrogens with zero attached hydrogens (tertiary/aromatic N) is 1. The van der Waals surface area contributed by atoms with Crippen LogP contribution in [0.15, 0.2) is 49.3 Å². The number of para-hydroxylation sites is 1. The van der Waals surface area contributed by atoms with Crippen LogP contribution in [-0.4, -0.2) is 10.9 Å². The molecule has 4 nitrogen and oxygen atoms in total. The zero-order valence-corrected chi connectivity index (χ0v) is 12.8. The Labute approximate surface area is 131 Å². The summed E-state index contributed by atoms with van der Waals surface area (Å²) in [4.78, 5) is 16.0. The minimum absolute atomic E-state index is 0.450. The summed E-state index contributed by atoms with van der Waals surface area (Å²) in [5.74, 6) is 0.848. The third kappa shape index (κ3) is 2.58. The third-order valence-corrected chi connectivity index (χ3v) is 4.30. The van der Waals surface area contributed by atoms with Crippen molar-refractivity contribution in [2.45, 2.75) is 6.92 Å². The lowest BCUT2D eigenvalue weighted by Crippen LogP contribution is -2.08. The van der Waals surface area contributed by atoms with Gasteiger partial charge < -0.3 is 10.5 Å². The number of ether oxygens (including phenoxy) is 1. The first-order valence-corrected chi connectivity index (χ1v) is 7.48. The molecular weight excluding hydrogens is 296 g/mol. The number of primary amides is 1. The lowest BCUT2D eigenvalue weighted by atomic mass is 10.1. The van der Waals surface area contributed by atoms with E-state index in [0.29, 0.717) is 16.4 Å². The van der Waals surface area contributed by atoms with Crippen LogP contribution in [0.4, 0.5) is 0 Å². The Kier molecular flexibility index (Phi) is 3.65. The predicted octanol–water partition coefficient (Wildman–Crippen LogP) is 4.22. The van der Waals surface area contributed by atoms with Crippen LogP contribution in [0.5, 0.6) is 11.5 Å². The zero-order valence-electron chi connectivity index (χ0n) is 12.0. The van der Waals surface area contributed by atoms with Crippen LogP contribution in [0.2, 0.25) is 0 Å². The molecule has 22 heavy (non-hydrogen) atoms. The fourth-order valence-electron chi connectivity index (χ4n) is 2.17. The number of hydrogen-bond donors (Lipinski definition) is 1. The van der Waals surface area contributed by atoms with Crippen LogP contribution in [-0.2, 0) is 0 Å². The number of nitrogens with two attached hydrogens (primary N) is 1. The van der Waals surface area contributed by atoms with E-state index in [-0.39, 0.29) is 0 Å². The number of pyridine rings is 1. The monoisotopic (exact) mass is 310 g/mol. The van der Waals surface area contributed by atoms with Crippen LogP contribution in [0.25, 0.3) is 15.7 Å². The molecule has 0 saturated carbocycles. The number of benzene rings is 1. The molecule has 0 aliphatic carbocycles. The maximum Gasteiger partial charge on any atom is 0.258 e. The average Bonchev–Trinajstić information content (AvgIpc) is 2.93. The largest absolute Gasteiger partial charge is 0.454 e. The Morgan fingerprint density at radius 2 is 2.05 bits per heavy atom. The highest BCUT2D eigenvalue weighted by atomic mass is 32.1. The zero-order chi connectivity index (χ0) is 15.7. The molecule has 110 valence electrons. The molecule has 0 spiro atoms. The highest BCUT2D eigenvalue weighted by Crippen LogP contribution is 2.36. The van der Waals surface area contributed by atoms with E-state index in [0.717, 1.165) is 21.2 Å². The number of carbonyl (C=O) groups excluding carboxylic acids is 1. The van der Waals surface area contributed by atoms with Crippen LogP contribution in [0.3, 0.4) is 0 Å². The summed E-state index contributed by atoms with van der Waals surface area (Å²) in [6, 6.07) is 9.41. The molecule has 0 aliphatic heterocycles. The molecule has 1 amide bonds. The van der Waals surface area contributed by atoms with E-state index < -0.39 is 5.91 Å². The molecule has 3 rings (SSSR count). The van der Waals surface area contributed by atoms with Crippen molar-refractivity contribution in [1.82, 2.24) is 4.98 Å². The Bertz CT molecular complexity index is 883. The molecule has 0 bridgehead atoms. The lowest BCUT2D eigenvalue weighted by Gasteiger charge is -2.11. The van der Waals surface area contributed by atoms with Crippen LogP contribution < -0.4 is 10.5 Å². The molecule has 1 aromatic carbocycles. The Morgan fingerprint density at radius 1 is 1.27 bits per heavy atom. The van der Waals surface area contributed by atoms with Crippen molar-refractivity contribution >= 4 is 32.9 Å². The Balaban J connectivity index is 2.08. The van der Waals surface area contributed by atoms with E-state index in [1.165, 1.54) is 11.3 Å². The van der Waals surface area contributed by atoms with Crippen molar-refractivity contribution in [3.63, 3.8) is 0 Å². The van der Waals surface area contributed by atoms with E-state index in [2.05, 4.69) is 11.6 Å². The normalized spacial score (nSPS) is 10.6. The molecule has 0 saturated heterocycles. The molecule has 3 aromatic rings. The first-order chi connectivity index (χ1) is 10.6. The van der Waals surface area contributed by atoms with Crippen LogP contribution >= 0.6 is 11.3 Å². The molecule has 2 heterocycles. The number of aromatic nitrogens is 1. The predicted molar refractivity (Wildman–Crippen MR) is 89.4 cm³/mol. The van der Waals surface area contributed by atoms with Crippen molar-refractivity contribution in [3.05, 3.63) is 59.7 Å². The van der Waals surface area contributed by atoms with E-state index in [1.807, 2.05) is 31.2 Å². The molecular formula is C17H14N2O2S. The fourth-order valence-corrected chi connectivity index (χ4v) is 3.06. The number of hydrogen-bond acceptors (Lipinski definition) is 4. The van der Waals surface area contributed by atoms with Gasteiger partial charge in [0.05, 0.1) is 15.8 Å². The summed E-state index contributed by atoms with van der Waals surface area (Å²) < 4.78 is 6.87. The van der Waals surface area contributed by atoms with E-state index in [9.17, 15) is 4.79 Å². The number of thiophene rings is 1. The topological polar surface area (TPSA) is 65.2 Å². The van der Waals surface area contributed by atoms with Gasteiger partial charge in [-0.3, -0.25) is 9.78 Å². The first kappa shape index (κ1) is 14.3. The van der Waals surface area contributed by atoms with Gasteiger partial charge in [-0.15, -0.1) is 11.3 Å². The van der Waals surface area contributed by atoms with E-state index in [1.54, 1.807) is 18.5 Å². The first-order valence-electron chi connectivity index (χ1n) is 6.66. The lowest BCUT2D eigenvalue weighted by molar-refractivity contribution is 0.100. The summed E-state index contributed by atoms with van der Waals surface area (Å²) in [7, 11) is 0. The molecule has 0 aliphatic rings. The van der Waals surface area contributed by atoms with Crippen molar-refractivity contribution in [1.29, 1.82) is 0 Å². The van der Waals surface area contributed by atoms with Crippen molar-refractivity contribution in [3.8, 4) is 11.5 Å². The number of amides is 1. The summed E-state index contributed by atoms with van der Waals surface area (Å²) in [5, 5.41) is 0.824. The quantitative estimate of drug-likeness (QED) is 0.784. The summed E-state index contributed by atoms with van der Waals surface area (Å²) >= 11 is 1.31. The molecule has 2 aromatic heterocycles. The molecule has 0 unspecified atom stereocenters. The minimum atomic E-state index is -0.450. The SMILES string of the molecule is C=C(C)c1ccccc1Oc1cncc2sc(C(N)=O)cc12. The molecule has 5 heteroatoms. The molecule has 0 fully saturated rings. The number of carbonyl (C=O) groups is 1. The molecule has 0 atom stereocenters. The van der Waals surface area contributed by atoms with E-state index >= 15 is 0 Å². The van der Waals surface area contributed by atoms with Gasteiger partial charge in [0.1, 0.15) is 5.75 Å². The maximum absolute atomic E-state index is 11.3. The van der Waals surface area contributed by atoms with Gasteiger partial charge in [0.15, 0.2) is 5.75 Å². The minimum Gasteiger partial charge on any atom is -0.454 e. The van der Waals surface area contributed by atoms with E-state index in [4.69, 9.17) is 10.5 Å². The van der Waals surface area contributed by atoms with Gasteiger partial charge in [0.2, 0.25) is 0 Å². The van der Waals surface area contributed by atoms with Crippen molar-refractivity contribution in [2.24, 2.45) is 5.73 Å². The Hall–Kier alpha value is -2.66. The number of allylic oxidation sites excluding steroid dienone is 1. The standard InChI is InChI=1S/C17H14N2O2S/c1-10(2)11-5-3-4-6-13(11)21-14-8-19-9-16-12(14)7-15(22-16)17(18)20/h3-9H,1H2,2H3,(H2,18,20). The number of fused-ring (bicyclic) bond motifs is 1. The van der Waals surface area contributed by atoms with Crippen molar-refractivity contribution in [2.75, 3.05) is 0 Å². The van der Waals surface area contributed by atoms with Crippen LogP contribution in [0.1, 0.15) is 22.2 Å². The van der Waals surface area contributed by atoms with Crippen molar-refractivity contribution < 1.29 is 9.53 Å². The second kappa shape index (κ2) is 5.61. The molecule has 2 N–H and O–H groups in total. The highest BCUT2D eigenvalue weighted by molar-refractivity contribution is 7.20. The van der Waals surface area contributed by atoms with Gasteiger partial charge in [-0.25, -0.2) is 0 Å². The van der Waals surface area contributed by atoms with Gasteiger partial charge >= 0.3 is 0 Å². The smallest absolute Gasteiger partial charge is 0.258 e. The second-order valence-electron chi connectivity index (χ2n) is 4.90. The van der Waals surface area contributed by atoms with Gasteiger partial charge in [-0.05, 0) is 24.6 Å². The van der Waals surface area contributed by atoms with Gasteiger partial charge in [-0.2, -0.15) is 0 Å². The maximum atomic E-state index is 11.3. The van der Waals surface area contributed by atoms with Crippen LogP contribution in [0, 0.1) is 0 Å². The highest BCUT2D eigenvalue weighted by Gasteiger charge is 2.13. The Morgan fingerprint density at radius 3 is 2.77 bits per heavy atom. The average molecular weight is 310 g/mol. The van der Waals surface area contributed by atoms with Gasteiger partial charge in [-0.1, -0.05) is 24.8 Å².